The minimum absolute atomic E-state index is 0.328. The second kappa shape index (κ2) is 6.15. The molecule has 3 rings (SSSR count). The van der Waals surface area contributed by atoms with E-state index in [0.717, 1.165) is 17.7 Å². The highest BCUT2D eigenvalue weighted by atomic mass is 15.2. The Morgan fingerprint density at radius 3 is 2.24 bits per heavy atom. The fraction of sp³-hybridized carbons (Fsp3) is 0.100. The van der Waals surface area contributed by atoms with E-state index in [1.165, 1.54) is 5.69 Å². The molecule has 2 aromatic carbocycles. The third-order valence-electron chi connectivity index (χ3n) is 3.64. The van der Waals surface area contributed by atoms with Gasteiger partial charge in [0.05, 0.1) is 6.04 Å². The largest absolute Gasteiger partial charge is 0.334 e. The summed E-state index contributed by atoms with van der Waals surface area (Å²) in [5, 5.41) is 0. The van der Waals surface area contributed by atoms with Crippen LogP contribution in [0.1, 0.15) is 12.0 Å². The van der Waals surface area contributed by atoms with Crippen LogP contribution >= 0.6 is 0 Å². The van der Waals surface area contributed by atoms with Gasteiger partial charge < -0.3 is 4.90 Å². The van der Waals surface area contributed by atoms with Crippen LogP contribution in [0.15, 0.2) is 78.9 Å². The predicted molar refractivity (Wildman–Crippen MR) is 89.6 cm³/mol. The summed E-state index contributed by atoms with van der Waals surface area (Å²) in [4.78, 5) is 2.35. The predicted octanol–water partition coefficient (Wildman–Crippen LogP) is 4.69. The van der Waals surface area contributed by atoms with Gasteiger partial charge in [0, 0.05) is 16.9 Å². The van der Waals surface area contributed by atoms with Gasteiger partial charge in [-0.25, -0.2) is 0 Å². The molecule has 2 aromatic rings. The molecule has 1 heteroatoms. The third kappa shape index (κ3) is 2.90. The minimum Gasteiger partial charge on any atom is -0.334 e. The van der Waals surface area contributed by atoms with Crippen LogP contribution in [-0.4, -0.2) is 6.04 Å². The lowest BCUT2D eigenvalue weighted by molar-refractivity contribution is 0.785. The molecule has 0 amide bonds. The summed E-state index contributed by atoms with van der Waals surface area (Å²) in [5.41, 5.74) is 3.26. The fourth-order valence-electron chi connectivity index (χ4n) is 2.60. The van der Waals surface area contributed by atoms with Crippen molar-refractivity contribution in [1.29, 1.82) is 0 Å². The van der Waals surface area contributed by atoms with Gasteiger partial charge >= 0.3 is 0 Å². The fourth-order valence-corrected chi connectivity index (χ4v) is 2.60. The zero-order valence-electron chi connectivity index (χ0n) is 11.8. The number of nitrogens with zero attached hydrogens (tertiary/aromatic N) is 1. The molecule has 0 bridgehead atoms. The quantitative estimate of drug-likeness (QED) is 0.732. The topological polar surface area (TPSA) is 3.24 Å². The Morgan fingerprint density at radius 2 is 1.62 bits per heavy atom. The van der Waals surface area contributed by atoms with Crippen LogP contribution in [0.5, 0.6) is 0 Å². The zero-order chi connectivity index (χ0) is 14.5. The molecule has 1 aliphatic rings. The minimum atomic E-state index is 0.328. The number of allylic oxidation sites excluding steroid dienone is 2. The van der Waals surface area contributed by atoms with E-state index >= 15 is 0 Å². The van der Waals surface area contributed by atoms with E-state index < -0.39 is 0 Å². The van der Waals surface area contributed by atoms with Crippen LogP contribution in [0.4, 0.5) is 11.4 Å². The molecule has 0 radical (unpaired) electrons. The van der Waals surface area contributed by atoms with Gasteiger partial charge in [0.1, 0.15) is 0 Å². The maximum absolute atomic E-state index is 5.45. The van der Waals surface area contributed by atoms with Gasteiger partial charge in [-0.05, 0) is 42.8 Å². The number of anilines is 2. The lowest BCUT2D eigenvalue weighted by atomic mass is 10.0. The monoisotopic (exact) mass is 271 g/mol. The summed E-state index contributed by atoms with van der Waals surface area (Å²) in [6.07, 6.45) is 15.1. The zero-order valence-corrected chi connectivity index (χ0v) is 11.8. The smallest absolute Gasteiger partial charge is 0.0559 e. The molecule has 0 saturated carbocycles. The van der Waals surface area contributed by atoms with Crippen LogP contribution in [0.2, 0.25) is 0 Å². The normalized spacial score (nSPS) is 16.4. The molecule has 1 atom stereocenters. The highest BCUT2D eigenvalue weighted by molar-refractivity contribution is 5.66. The molecule has 1 aliphatic carbocycles. The average molecular weight is 271 g/mol. The van der Waals surface area contributed by atoms with Gasteiger partial charge in [-0.1, -0.05) is 48.4 Å². The summed E-state index contributed by atoms with van der Waals surface area (Å²) < 4.78 is 0. The number of para-hydroxylation sites is 1. The maximum Gasteiger partial charge on any atom is 0.0559 e. The molecule has 1 nitrogen and oxygen atoms in total. The summed E-state index contributed by atoms with van der Waals surface area (Å²) in [5.74, 6) is 2.67. The van der Waals surface area contributed by atoms with E-state index in [9.17, 15) is 0 Å². The molecule has 0 N–H and O–H groups in total. The van der Waals surface area contributed by atoms with Crippen molar-refractivity contribution in [3.8, 4) is 12.3 Å². The number of rotatable bonds is 3. The van der Waals surface area contributed by atoms with Gasteiger partial charge in [-0.3, -0.25) is 0 Å². The molecule has 0 fully saturated rings. The number of hydrogen-bond acceptors (Lipinski definition) is 1. The van der Waals surface area contributed by atoms with Crippen LogP contribution in [0.25, 0.3) is 0 Å². The third-order valence-corrected chi connectivity index (χ3v) is 3.64. The number of hydrogen-bond donors (Lipinski definition) is 0. The molecule has 1 unspecified atom stereocenters. The Morgan fingerprint density at radius 1 is 0.905 bits per heavy atom. The van der Waals surface area contributed by atoms with Crippen LogP contribution < -0.4 is 4.90 Å². The number of benzene rings is 2. The first kappa shape index (κ1) is 13.3. The van der Waals surface area contributed by atoms with Crippen molar-refractivity contribution < 1.29 is 0 Å². The van der Waals surface area contributed by atoms with Crippen molar-refractivity contribution in [3.63, 3.8) is 0 Å². The molecule has 0 heterocycles. The lowest BCUT2D eigenvalue weighted by Crippen LogP contribution is -2.29. The van der Waals surface area contributed by atoms with Gasteiger partial charge in [-0.2, -0.15) is 0 Å². The Bertz CT molecular complexity index is 687. The van der Waals surface area contributed by atoms with Crippen molar-refractivity contribution >= 4 is 11.4 Å². The van der Waals surface area contributed by atoms with E-state index in [-0.39, 0.29) is 0 Å². The standard InChI is InChI=1S/C20H17N/c1-2-17-13-15-20(16-14-17)21(18-9-5-3-6-10-18)19-11-7-4-8-12-19/h1,3-11,13-16,19H,12H2. The van der Waals surface area contributed by atoms with Crippen LogP contribution in [0.3, 0.4) is 0 Å². The van der Waals surface area contributed by atoms with Crippen molar-refractivity contribution in [2.24, 2.45) is 0 Å². The Labute approximate surface area is 126 Å². The van der Waals surface area contributed by atoms with E-state index in [1.807, 2.05) is 18.2 Å². The average Bonchev–Trinajstić information content (AvgIpc) is 2.58. The van der Waals surface area contributed by atoms with E-state index in [1.54, 1.807) is 0 Å². The lowest BCUT2D eigenvalue weighted by Gasteiger charge is -2.32. The molecule has 21 heavy (non-hydrogen) atoms. The van der Waals surface area contributed by atoms with Gasteiger partial charge in [0.2, 0.25) is 0 Å². The SMILES string of the molecule is C#Cc1ccc(N(c2ccccc2)C2C=CC=CC2)cc1. The van der Waals surface area contributed by atoms with Crippen LogP contribution in [0, 0.1) is 12.3 Å². The first-order valence-corrected chi connectivity index (χ1v) is 7.13. The van der Waals surface area contributed by atoms with E-state index in [2.05, 4.69) is 71.5 Å². The van der Waals surface area contributed by atoms with Gasteiger partial charge in [0.25, 0.3) is 0 Å². The highest BCUT2D eigenvalue weighted by Crippen LogP contribution is 2.30. The molecule has 0 aliphatic heterocycles. The van der Waals surface area contributed by atoms with E-state index in [4.69, 9.17) is 6.42 Å². The highest BCUT2D eigenvalue weighted by Gasteiger charge is 2.18. The maximum atomic E-state index is 5.45. The first-order valence-electron chi connectivity index (χ1n) is 7.13. The first-order chi connectivity index (χ1) is 10.4. The second-order valence-corrected chi connectivity index (χ2v) is 5.01. The van der Waals surface area contributed by atoms with Gasteiger partial charge in [0.15, 0.2) is 0 Å². The van der Waals surface area contributed by atoms with Crippen molar-refractivity contribution in [2.45, 2.75) is 12.5 Å². The van der Waals surface area contributed by atoms with Crippen molar-refractivity contribution in [3.05, 3.63) is 84.5 Å². The van der Waals surface area contributed by atoms with Gasteiger partial charge in [-0.15, -0.1) is 6.42 Å². The molecule has 102 valence electrons. The second-order valence-electron chi connectivity index (χ2n) is 5.01. The summed E-state index contributed by atoms with van der Waals surface area (Å²) >= 11 is 0. The Balaban J connectivity index is 2.01. The molecule has 0 spiro atoms. The Hall–Kier alpha value is -2.72. The molecular weight excluding hydrogens is 254 g/mol. The molecule has 0 saturated heterocycles. The van der Waals surface area contributed by atoms with Crippen molar-refractivity contribution in [2.75, 3.05) is 4.90 Å². The summed E-state index contributed by atoms with van der Waals surface area (Å²) in [6, 6.07) is 19.0. The summed E-state index contributed by atoms with van der Waals surface area (Å²) in [7, 11) is 0. The van der Waals surface area contributed by atoms with E-state index in [0.29, 0.717) is 6.04 Å². The van der Waals surface area contributed by atoms with Crippen LogP contribution in [-0.2, 0) is 0 Å². The van der Waals surface area contributed by atoms with Crippen molar-refractivity contribution in [1.82, 2.24) is 0 Å². The Kier molecular flexibility index (Phi) is 3.89. The molecular formula is C20H17N. The summed E-state index contributed by atoms with van der Waals surface area (Å²) in [6.45, 7) is 0. The number of terminal acetylenes is 1. The molecule has 0 aromatic heterocycles.